The number of aromatic hydroxyl groups is 1. The smallest absolute Gasteiger partial charge is 0.336 e. The molecule has 5 N–H and O–H groups in total. The molecule has 1 aliphatic carbocycles. The van der Waals surface area contributed by atoms with Crippen LogP contribution in [-0.2, 0) is 33.6 Å². The van der Waals surface area contributed by atoms with Crippen molar-refractivity contribution in [2.75, 3.05) is 24.6 Å². The molecule has 3 aliphatic rings. The third kappa shape index (κ3) is 9.26. The van der Waals surface area contributed by atoms with Crippen LogP contribution in [0.4, 0.5) is 0 Å². The van der Waals surface area contributed by atoms with Gasteiger partial charge in [-0.15, -0.1) is 5.06 Å². The first-order valence-electron chi connectivity index (χ1n) is 16.4. The van der Waals surface area contributed by atoms with Crippen LogP contribution >= 0.6 is 11.8 Å². The Morgan fingerprint density at radius 2 is 1.65 bits per heavy atom. The maximum absolute atomic E-state index is 13.0. The number of imide groups is 1. The lowest BCUT2D eigenvalue weighted by Crippen LogP contribution is -2.49. The topological polar surface area (TPSA) is 256 Å². The second-order valence-corrected chi connectivity index (χ2v) is 12.9. The van der Waals surface area contributed by atoms with Crippen molar-refractivity contribution in [1.82, 2.24) is 21.0 Å². The van der Waals surface area contributed by atoms with E-state index in [-0.39, 0.29) is 89.5 Å². The minimum Gasteiger partial charge on any atom is -0.508 e. The van der Waals surface area contributed by atoms with Crippen LogP contribution in [0.15, 0.2) is 63.8 Å². The molecule has 0 saturated carbocycles. The van der Waals surface area contributed by atoms with Crippen molar-refractivity contribution >= 4 is 70.5 Å². The van der Waals surface area contributed by atoms with Gasteiger partial charge in [-0.25, -0.2) is 9.59 Å². The number of aromatic carboxylic acids is 1. The Hall–Kier alpha value is -6.56. The van der Waals surface area contributed by atoms with Gasteiger partial charge in [-0.3, -0.25) is 28.8 Å². The van der Waals surface area contributed by atoms with Gasteiger partial charge in [-0.05, 0) is 42.0 Å². The average Bonchev–Trinajstić information content (AvgIpc) is 3.45. The van der Waals surface area contributed by atoms with Gasteiger partial charge >= 0.3 is 11.9 Å². The fourth-order valence-electron chi connectivity index (χ4n) is 5.51. The predicted octanol–water partition coefficient (Wildman–Crippen LogP) is 1.62. The van der Waals surface area contributed by atoms with Crippen molar-refractivity contribution in [2.24, 2.45) is 0 Å². The molecule has 2 aromatic carbocycles. The molecule has 0 aromatic heterocycles. The van der Waals surface area contributed by atoms with E-state index < -0.39 is 47.5 Å². The maximum Gasteiger partial charge on any atom is 0.336 e. The van der Waals surface area contributed by atoms with E-state index in [0.717, 1.165) is 11.8 Å². The van der Waals surface area contributed by atoms with Crippen molar-refractivity contribution in [1.29, 1.82) is 0 Å². The number of phenolic OH excluding ortho intramolecular Hbond substituents is 1. The van der Waals surface area contributed by atoms with Crippen molar-refractivity contribution in [3.63, 3.8) is 0 Å². The van der Waals surface area contributed by atoms with E-state index in [1.807, 2.05) is 0 Å². The van der Waals surface area contributed by atoms with Crippen LogP contribution in [0.2, 0.25) is 0 Å². The summed E-state index contributed by atoms with van der Waals surface area (Å²) in [6.07, 6.45) is -0.181. The summed E-state index contributed by atoms with van der Waals surface area (Å²) in [7, 11) is 0. The Kier molecular flexibility index (Phi) is 12.4. The lowest BCUT2D eigenvalue weighted by molar-refractivity contribution is -0.197. The summed E-state index contributed by atoms with van der Waals surface area (Å²) in [6.45, 7) is -0.216. The van der Waals surface area contributed by atoms with Crippen LogP contribution in [-0.4, -0.2) is 93.7 Å². The highest BCUT2D eigenvalue weighted by atomic mass is 32.2. The molecule has 5 rings (SSSR count). The number of rotatable bonds is 16. The zero-order valence-electron chi connectivity index (χ0n) is 28.2. The Balaban J connectivity index is 1.14. The lowest BCUT2D eigenvalue weighted by Gasteiger charge is -2.17. The lowest BCUT2D eigenvalue weighted by atomic mass is 9.90. The highest BCUT2D eigenvalue weighted by Gasteiger charge is 2.32. The van der Waals surface area contributed by atoms with Gasteiger partial charge in [0.05, 0.1) is 17.7 Å². The summed E-state index contributed by atoms with van der Waals surface area (Å²) < 4.78 is 5.83. The quantitative estimate of drug-likeness (QED) is 0.0471. The number of carbonyl (C=O) groups excluding carboxylic acids is 7. The van der Waals surface area contributed by atoms with Gasteiger partial charge in [0.25, 0.3) is 17.7 Å². The van der Waals surface area contributed by atoms with Crippen LogP contribution in [0.1, 0.15) is 46.4 Å². The molecule has 2 aliphatic heterocycles. The van der Waals surface area contributed by atoms with Gasteiger partial charge in [0.2, 0.25) is 11.8 Å². The molecular formula is C36H32N4O13S. The molecule has 2 heterocycles. The molecule has 54 heavy (non-hydrogen) atoms. The van der Waals surface area contributed by atoms with Crippen LogP contribution in [0, 0.1) is 0 Å². The standard InChI is InChI=1S/C36H32N4O13S/c41-13-9-26(39-29(44)18-54-14-10-32(47)53-40-30(45)7-8-31(40)46)35(49)38-12-11-37-34(48)19-1-4-22(25(15-19)36(50)51)33-23-5-2-20(42)16-27(23)52-28-17-21(43)3-6-24(28)33/h1-6,13,15-17,26,42H,7-12,14,18H2,(H,37,48)(H,38,49)(H,39,44)(H,50,51)/t26-/m0/s1. The summed E-state index contributed by atoms with van der Waals surface area (Å²) in [5, 5.41) is 28.5. The number of aldehydes is 1. The van der Waals surface area contributed by atoms with Crippen molar-refractivity contribution in [2.45, 2.75) is 31.7 Å². The molecule has 17 nitrogen and oxygen atoms in total. The molecule has 280 valence electrons. The van der Waals surface area contributed by atoms with Crippen LogP contribution in [0.5, 0.6) is 5.75 Å². The number of phenols is 1. The van der Waals surface area contributed by atoms with Gasteiger partial charge in [-0.1, -0.05) is 6.07 Å². The highest BCUT2D eigenvalue weighted by molar-refractivity contribution is 7.99. The molecule has 0 radical (unpaired) electrons. The number of benzene rings is 3. The summed E-state index contributed by atoms with van der Waals surface area (Å²) in [4.78, 5) is 114. The Morgan fingerprint density at radius 3 is 2.37 bits per heavy atom. The van der Waals surface area contributed by atoms with Gasteiger partial charge in [0.15, 0.2) is 5.43 Å². The number of hydrogen-bond donors (Lipinski definition) is 5. The number of hydrogen-bond acceptors (Lipinski definition) is 13. The van der Waals surface area contributed by atoms with Crippen molar-refractivity contribution < 1.29 is 57.8 Å². The second kappa shape index (κ2) is 17.3. The first-order valence-corrected chi connectivity index (χ1v) is 17.5. The number of carbonyl (C=O) groups is 8. The molecule has 0 unspecified atom stereocenters. The van der Waals surface area contributed by atoms with Gasteiger partial charge in [0.1, 0.15) is 29.4 Å². The zero-order valence-corrected chi connectivity index (χ0v) is 29.1. The van der Waals surface area contributed by atoms with E-state index in [1.165, 1.54) is 48.5 Å². The second-order valence-electron chi connectivity index (χ2n) is 11.8. The number of fused-ring (bicyclic) bond motifs is 2. The number of nitrogens with one attached hydrogen (secondary N) is 3. The van der Waals surface area contributed by atoms with Crippen LogP contribution in [0.3, 0.4) is 0 Å². The number of amides is 5. The molecule has 2 aromatic rings. The highest BCUT2D eigenvalue weighted by Crippen LogP contribution is 2.42. The molecular weight excluding hydrogens is 728 g/mol. The third-order valence-electron chi connectivity index (χ3n) is 8.03. The predicted molar refractivity (Wildman–Crippen MR) is 190 cm³/mol. The number of carboxylic acids is 1. The van der Waals surface area contributed by atoms with Crippen LogP contribution in [0.25, 0.3) is 33.4 Å². The molecule has 1 fully saturated rings. The Bertz CT molecular complexity index is 2180. The van der Waals surface area contributed by atoms with Gasteiger partial charge < -0.3 is 40.2 Å². The van der Waals surface area contributed by atoms with Gasteiger partial charge in [0, 0.05) is 72.3 Å². The molecule has 0 spiro atoms. The number of thioether (sulfide) groups is 1. The normalized spacial score (nSPS) is 13.1. The van der Waals surface area contributed by atoms with E-state index in [4.69, 9.17) is 9.25 Å². The Morgan fingerprint density at radius 1 is 0.926 bits per heavy atom. The molecule has 0 bridgehead atoms. The van der Waals surface area contributed by atoms with E-state index in [1.54, 1.807) is 6.07 Å². The molecule has 5 amide bonds. The summed E-state index contributed by atoms with van der Waals surface area (Å²) >= 11 is 1.02. The maximum atomic E-state index is 13.0. The zero-order chi connectivity index (χ0) is 38.9. The van der Waals surface area contributed by atoms with E-state index >= 15 is 0 Å². The van der Waals surface area contributed by atoms with E-state index in [9.17, 15) is 53.4 Å². The van der Waals surface area contributed by atoms with Crippen molar-refractivity contribution in [3.05, 3.63) is 75.9 Å². The monoisotopic (exact) mass is 760 g/mol. The number of nitrogens with zero attached hydrogens (tertiary/aromatic N) is 1. The largest absolute Gasteiger partial charge is 0.508 e. The summed E-state index contributed by atoms with van der Waals surface area (Å²) in [6, 6.07) is 11.2. The average molecular weight is 761 g/mol. The Labute approximate surface area is 309 Å². The first kappa shape index (κ1) is 38.7. The fourth-order valence-corrected chi connectivity index (χ4v) is 6.23. The minimum atomic E-state index is -1.34. The van der Waals surface area contributed by atoms with E-state index in [0.29, 0.717) is 27.9 Å². The molecule has 1 saturated heterocycles. The third-order valence-corrected chi connectivity index (χ3v) is 8.99. The van der Waals surface area contributed by atoms with Gasteiger partial charge in [-0.2, -0.15) is 11.8 Å². The molecule has 18 heteroatoms. The number of hydroxylamine groups is 2. The number of carboxylic acid groups (broad SMARTS) is 1. The summed E-state index contributed by atoms with van der Waals surface area (Å²) in [5.74, 6) is -5.38. The first-order chi connectivity index (χ1) is 25.9. The van der Waals surface area contributed by atoms with Crippen molar-refractivity contribution in [3.8, 4) is 28.2 Å². The fraction of sp³-hybridized carbons (Fsp3) is 0.250. The minimum absolute atomic E-state index is 0.00826. The van der Waals surface area contributed by atoms with E-state index in [2.05, 4.69) is 16.0 Å². The summed E-state index contributed by atoms with van der Waals surface area (Å²) in [5.41, 5.74) is 0.675. The van der Waals surface area contributed by atoms with Crippen LogP contribution < -0.4 is 21.4 Å². The SMILES string of the molecule is O=CC[C@H](NC(=O)CSCCC(=O)ON1C(=O)CCC1=O)C(=O)NCCNC(=O)c1ccc(-c2c3ccc(=O)cc-3oc3cc(O)ccc23)c(C(=O)O)c1. The molecule has 1 atom stereocenters.